The number of imide groups is 1. The van der Waals surface area contributed by atoms with Crippen molar-refractivity contribution in [2.24, 2.45) is 0 Å². The van der Waals surface area contributed by atoms with Crippen molar-refractivity contribution in [3.63, 3.8) is 0 Å². The number of carbonyl (C=O) groups is 2. The molecule has 1 aliphatic rings. The Labute approximate surface area is 156 Å². The molecule has 0 bridgehead atoms. The van der Waals surface area contributed by atoms with Crippen LogP contribution in [-0.2, 0) is 11.2 Å². The predicted octanol–water partition coefficient (Wildman–Crippen LogP) is 2.88. The lowest BCUT2D eigenvalue weighted by atomic mass is 9.98. The Morgan fingerprint density at radius 2 is 1.96 bits per heavy atom. The normalized spacial score (nSPS) is 15.9. The van der Waals surface area contributed by atoms with Crippen LogP contribution in [0.25, 0.3) is 0 Å². The van der Waals surface area contributed by atoms with Crippen molar-refractivity contribution in [3.05, 3.63) is 41.8 Å². The molecule has 1 saturated carbocycles. The van der Waals surface area contributed by atoms with E-state index in [1.54, 1.807) is 6.92 Å². The van der Waals surface area contributed by atoms with Crippen LogP contribution in [0, 0.1) is 0 Å². The van der Waals surface area contributed by atoms with Gasteiger partial charge in [0.05, 0.1) is 5.25 Å². The third kappa shape index (κ3) is 5.32. The highest BCUT2D eigenvalue weighted by molar-refractivity contribution is 8.00. The van der Waals surface area contributed by atoms with Crippen LogP contribution >= 0.6 is 11.8 Å². The maximum atomic E-state index is 12.0. The fraction of sp³-hybridized carbons (Fsp3) is 0.444. The Morgan fingerprint density at radius 3 is 2.65 bits per heavy atom. The molecule has 1 aromatic carbocycles. The lowest BCUT2D eigenvalue weighted by Crippen LogP contribution is -2.43. The average Bonchev–Trinajstić information content (AvgIpc) is 3.33. The van der Waals surface area contributed by atoms with Crippen molar-refractivity contribution >= 4 is 23.7 Å². The number of rotatable bonds is 7. The van der Waals surface area contributed by atoms with E-state index in [-0.39, 0.29) is 17.9 Å². The van der Waals surface area contributed by atoms with Gasteiger partial charge in [0.2, 0.25) is 11.8 Å². The fourth-order valence-corrected chi connectivity index (χ4v) is 3.10. The van der Waals surface area contributed by atoms with Gasteiger partial charge in [-0.05, 0) is 31.2 Å². The third-order valence-electron chi connectivity index (χ3n) is 4.09. The number of hydrogen-bond donors (Lipinski definition) is 2. The first-order valence-corrected chi connectivity index (χ1v) is 9.54. The van der Waals surface area contributed by atoms with E-state index in [9.17, 15) is 9.59 Å². The molecule has 0 saturated heterocycles. The predicted molar refractivity (Wildman–Crippen MR) is 97.9 cm³/mol. The highest BCUT2D eigenvalue weighted by Gasteiger charge is 2.26. The number of urea groups is 1. The fourth-order valence-electron chi connectivity index (χ4n) is 2.40. The SMILES string of the molecule is CC(Sc1nnc(CC(C)c2ccccc2)o1)C(=O)NC(=O)NC1CC1. The minimum Gasteiger partial charge on any atom is -0.416 e. The monoisotopic (exact) mass is 374 g/mol. The number of benzene rings is 1. The molecule has 3 amide bonds. The molecule has 2 atom stereocenters. The Hall–Kier alpha value is -2.35. The summed E-state index contributed by atoms with van der Waals surface area (Å²) in [6.45, 7) is 3.79. The van der Waals surface area contributed by atoms with E-state index in [0.29, 0.717) is 17.5 Å². The molecule has 1 fully saturated rings. The van der Waals surface area contributed by atoms with Crippen LogP contribution in [0.4, 0.5) is 4.79 Å². The molecular formula is C18H22N4O3S. The largest absolute Gasteiger partial charge is 0.416 e. The summed E-state index contributed by atoms with van der Waals surface area (Å²) in [6, 6.07) is 9.87. The molecule has 0 aliphatic heterocycles. The van der Waals surface area contributed by atoms with Crippen molar-refractivity contribution in [1.29, 1.82) is 0 Å². The van der Waals surface area contributed by atoms with E-state index in [2.05, 4.69) is 39.9 Å². The molecule has 26 heavy (non-hydrogen) atoms. The van der Waals surface area contributed by atoms with Crippen molar-refractivity contribution in [3.8, 4) is 0 Å². The van der Waals surface area contributed by atoms with E-state index in [1.165, 1.54) is 5.56 Å². The average molecular weight is 374 g/mol. The molecule has 0 spiro atoms. The van der Waals surface area contributed by atoms with Gasteiger partial charge in [0, 0.05) is 12.5 Å². The van der Waals surface area contributed by atoms with E-state index in [1.807, 2.05) is 18.2 Å². The molecule has 1 aliphatic carbocycles. The Bertz CT molecular complexity index is 761. The Morgan fingerprint density at radius 1 is 1.23 bits per heavy atom. The van der Waals surface area contributed by atoms with Gasteiger partial charge in [-0.15, -0.1) is 10.2 Å². The molecule has 1 aromatic heterocycles. The number of thioether (sulfide) groups is 1. The number of nitrogens with zero attached hydrogens (tertiary/aromatic N) is 2. The van der Waals surface area contributed by atoms with Crippen LogP contribution in [0.2, 0.25) is 0 Å². The maximum Gasteiger partial charge on any atom is 0.321 e. The summed E-state index contributed by atoms with van der Waals surface area (Å²) in [7, 11) is 0. The molecule has 1 heterocycles. The summed E-state index contributed by atoms with van der Waals surface area (Å²) in [5.41, 5.74) is 1.20. The molecule has 138 valence electrons. The first-order chi connectivity index (χ1) is 12.5. The summed E-state index contributed by atoms with van der Waals surface area (Å²) < 4.78 is 5.64. The molecule has 2 unspecified atom stereocenters. The number of aromatic nitrogens is 2. The Balaban J connectivity index is 1.49. The molecular weight excluding hydrogens is 352 g/mol. The summed E-state index contributed by atoms with van der Waals surface area (Å²) >= 11 is 1.14. The van der Waals surface area contributed by atoms with Gasteiger partial charge in [0.15, 0.2) is 0 Å². The maximum absolute atomic E-state index is 12.0. The minimum atomic E-state index is -0.514. The zero-order valence-electron chi connectivity index (χ0n) is 14.8. The van der Waals surface area contributed by atoms with E-state index < -0.39 is 11.3 Å². The standard InChI is InChI=1S/C18H22N4O3S/c1-11(13-6-4-3-5-7-13)10-15-21-22-18(25-15)26-12(2)16(23)20-17(24)19-14-8-9-14/h3-7,11-12,14H,8-10H2,1-2H3,(H2,19,20,23,24). The lowest BCUT2D eigenvalue weighted by molar-refractivity contribution is -0.119. The van der Waals surface area contributed by atoms with Gasteiger partial charge in [0.1, 0.15) is 0 Å². The van der Waals surface area contributed by atoms with Crippen molar-refractivity contribution in [2.45, 2.75) is 55.5 Å². The second-order valence-electron chi connectivity index (χ2n) is 6.47. The summed E-state index contributed by atoms with van der Waals surface area (Å²) in [6.07, 6.45) is 2.57. The molecule has 0 radical (unpaired) electrons. The Kier molecular flexibility index (Phi) is 5.92. The van der Waals surface area contributed by atoms with Crippen molar-refractivity contribution in [2.75, 3.05) is 0 Å². The molecule has 2 aromatic rings. The zero-order chi connectivity index (χ0) is 18.5. The zero-order valence-corrected chi connectivity index (χ0v) is 15.6. The van der Waals surface area contributed by atoms with Crippen LogP contribution < -0.4 is 10.6 Å². The van der Waals surface area contributed by atoms with Gasteiger partial charge in [-0.3, -0.25) is 10.1 Å². The van der Waals surface area contributed by atoms with Gasteiger partial charge in [0.25, 0.3) is 5.22 Å². The van der Waals surface area contributed by atoms with Crippen LogP contribution in [0.3, 0.4) is 0 Å². The molecule has 2 N–H and O–H groups in total. The second-order valence-corrected chi connectivity index (χ2v) is 7.77. The third-order valence-corrected chi connectivity index (χ3v) is 5.03. The minimum absolute atomic E-state index is 0.205. The lowest BCUT2D eigenvalue weighted by Gasteiger charge is -2.09. The molecule has 8 heteroatoms. The highest BCUT2D eigenvalue weighted by atomic mass is 32.2. The number of hydrogen-bond acceptors (Lipinski definition) is 6. The first-order valence-electron chi connectivity index (χ1n) is 8.66. The van der Waals surface area contributed by atoms with Gasteiger partial charge in [-0.2, -0.15) is 0 Å². The van der Waals surface area contributed by atoms with Crippen molar-refractivity contribution < 1.29 is 14.0 Å². The smallest absolute Gasteiger partial charge is 0.321 e. The quantitative estimate of drug-likeness (QED) is 0.723. The van der Waals surface area contributed by atoms with Gasteiger partial charge in [-0.25, -0.2) is 4.79 Å². The van der Waals surface area contributed by atoms with Crippen LogP contribution in [0.15, 0.2) is 40.0 Å². The molecule has 7 nitrogen and oxygen atoms in total. The van der Waals surface area contributed by atoms with Crippen LogP contribution in [0.5, 0.6) is 0 Å². The van der Waals surface area contributed by atoms with E-state index in [0.717, 1.165) is 24.6 Å². The highest BCUT2D eigenvalue weighted by Crippen LogP contribution is 2.25. The van der Waals surface area contributed by atoms with Gasteiger partial charge in [-0.1, -0.05) is 49.0 Å². The van der Waals surface area contributed by atoms with E-state index >= 15 is 0 Å². The first kappa shape index (κ1) is 18.4. The number of amides is 3. The summed E-state index contributed by atoms with van der Waals surface area (Å²) in [4.78, 5) is 23.7. The second kappa shape index (κ2) is 8.35. The van der Waals surface area contributed by atoms with Crippen molar-refractivity contribution in [1.82, 2.24) is 20.8 Å². The summed E-state index contributed by atoms with van der Waals surface area (Å²) in [5.74, 6) is 0.398. The van der Waals surface area contributed by atoms with Crippen LogP contribution in [0.1, 0.15) is 44.1 Å². The number of nitrogens with one attached hydrogen (secondary N) is 2. The number of carbonyl (C=O) groups excluding carboxylic acids is 2. The van der Waals surface area contributed by atoms with Crippen LogP contribution in [-0.4, -0.2) is 33.4 Å². The summed E-state index contributed by atoms with van der Waals surface area (Å²) in [5, 5.41) is 12.9. The van der Waals surface area contributed by atoms with Gasteiger partial charge < -0.3 is 9.73 Å². The van der Waals surface area contributed by atoms with Gasteiger partial charge >= 0.3 is 6.03 Å². The van der Waals surface area contributed by atoms with E-state index in [4.69, 9.17) is 4.42 Å². The molecule has 3 rings (SSSR count). The topological polar surface area (TPSA) is 97.1 Å².